The van der Waals surface area contributed by atoms with Gasteiger partial charge in [-0.15, -0.1) is 11.3 Å². The van der Waals surface area contributed by atoms with Gasteiger partial charge in [0, 0.05) is 9.35 Å². The van der Waals surface area contributed by atoms with Crippen LogP contribution in [0.15, 0.2) is 15.9 Å². The second-order valence-electron chi connectivity index (χ2n) is 5.73. The lowest BCUT2D eigenvalue weighted by Crippen LogP contribution is -2.52. The summed E-state index contributed by atoms with van der Waals surface area (Å²) in [6.45, 7) is 2.30. The van der Waals surface area contributed by atoms with E-state index in [4.69, 9.17) is 0 Å². The third kappa shape index (κ3) is 2.53. The minimum Gasteiger partial charge on any atom is -0.386 e. The zero-order valence-corrected chi connectivity index (χ0v) is 13.7. The van der Waals surface area contributed by atoms with Crippen molar-refractivity contribution in [3.05, 3.63) is 20.8 Å². The smallest absolute Gasteiger partial charge is 0.108 e. The summed E-state index contributed by atoms with van der Waals surface area (Å²) < 4.78 is 1.04. The third-order valence-corrected chi connectivity index (χ3v) is 6.22. The predicted octanol–water partition coefficient (Wildman–Crippen LogP) is 4.05. The van der Waals surface area contributed by atoms with E-state index in [0.29, 0.717) is 5.92 Å². The summed E-state index contributed by atoms with van der Waals surface area (Å²) in [5, 5.41) is 12.9. The molecule has 1 aromatic rings. The van der Waals surface area contributed by atoms with Crippen molar-refractivity contribution in [3.8, 4) is 0 Å². The number of aliphatic hydroxyl groups excluding tert-OH is 1. The van der Waals surface area contributed by atoms with Crippen LogP contribution in [-0.2, 0) is 0 Å². The average molecular weight is 332 g/mol. The molecular weight excluding hydrogens is 310 g/mol. The molecule has 3 unspecified atom stereocenters. The quantitative estimate of drug-likeness (QED) is 0.902. The molecule has 1 aliphatic carbocycles. The van der Waals surface area contributed by atoms with E-state index >= 15 is 0 Å². The van der Waals surface area contributed by atoms with Crippen molar-refractivity contribution < 1.29 is 5.11 Å². The molecule has 2 nitrogen and oxygen atoms in total. The standard InChI is InChI=1S/C14H22BrNOS/c1-10-5-4-7-14(9-10,16(2)3)13(17)12-11(15)6-8-18-12/h6,8,10,13,17H,4-5,7,9H2,1-3H3. The van der Waals surface area contributed by atoms with Gasteiger partial charge >= 0.3 is 0 Å². The summed E-state index contributed by atoms with van der Waals surface area (Å²) in [6.07, 6.45) is 4.25. The Balaban J connectivity index is 2.33. The Bertz CT molecular complexity index is 406. The van der Waals surface area contributed by atoms with Crippen molar-refractivity contribution in [1.82, 2.24) is 4.90 Å². The van der Waals surface area contributed by atoms with Crippen molar-refractivity contribution in [2.24, 2.45) is 5.92 Å². The Labute approximate surface area is 122 Å². The van der Waals surface area contributed by atoms with E-state index in [9.17, 15) is 5.11 Å². The average Bonchev–Trinajstić information content (AvgIpc) is 2.74. The van der Waals surface area contributed by atoms with E-state index in [0.717, 1.165) is 22.2 Å². The molecule has 0 aromatic carbocycles. The molecule has 0 aliphatic heterocycles. The van der Waals surface area contributed by atoms with E-state index < -0.39 is 6.10 Å². The fourth-order valence-corrected chi connectivity index (χ4v) is 4.89. The number of rotatable bonds is 3. The second kappa shape index (κ2) is 5.61. The molecule has 2 rings (SSSR count). The first-order valence-corrected chi connectivity index (χ1v) is 8.23. The van der Waals surface area contributed by atoms with Gasteiger partial charge in [0.15, 0.2) is 0 Å². The highest BCUT2D eigenvalue weighted by Gasteiger charge is 2.44. The topological polar surface area (TPSA) is 23.5 Å². The fourth-order valence-electron chi connectivity index (χ4n) is 3.21. The van der Waals surface area contributed by atoms with E-state index in [2.05, 4.69) is 41.8 Å². The van der Waals surface area contributed by atoms with Gasteiger partial charge in [0.25, 0.3) is 0 Å². The summed E-state index contributed by atoms with van der Waals surface area (Å²) in [6, 6.07) is 2.03. The molecule has 4 heteroatoms. The number of thiophene rings is 1. The maximum atomic E-state index is 10.9. The highest BCUT2D eigenvalue weighted by atomic mass is 79.9. The number of aliphatic hydroxyl groups is 1. The van der Waals surface area contributed by atoms with Gasteiger partial charge in [-0.25, -0.2) is 0 Å². The minimum atomic E-state index is -0.398. The molecule has 1 fully saturated rings. The fraction of sp³-hybridized carbons (Fsp3) is 0.714. The van der Waals surface area contributed by atoms with Gasteiger partial charge in [-0.05, 0) is 60.2 Å². The number of halogens is 1. The Morgan fingerprint density at radius 2 is 2.28 bits per heavy atom. The Morgan fingerprint density at radius 3 is 2.78 bits per heavy atom. The van der Waals surface area contributed by atoms with Crippen molar-refractivity contribution in [3.63, 3.8) is 0 Å². The summed E-state index contributed by atoms with van der Waals surface area (Å²) in [5.41, 5.74) is -0.106. The first-order chi connectivity index (χ1) is 8.47. The van der Waals surface area contributed by atoms with E-state index in [1.54, 1.807) is 11.3 Å². The molecule has 0 bridgehead atoms. The number of hydrogen-bond acceptors (Lipinski definition) is 3. The van der Waals surface area contributed by atoms with Crippen LogP contribution in [0.2, 0.25) is 0 Å². The second-order valence-corrected chi connectivity index (χ2v) is 7.54. The molecule has 1 heterocycles. The zero-order chi connectivity index (χ0) is 13.3. The third-order valence-electron chi connectivity index (χ3n) is 4.30. The molecular formula is C14H22BrNOS. The lowest BCUT2D eigenvalue weighted by Gasteiger charge is -2.48. The summed E-state index contributed by atoms with van der Waals surface area (Å²) in [7, 11) is 4.20. The van der Waals surface area contributed by atoms with Gasteiger partial charge in [-0.2, -0.15) is 0 Å². The van der Waals surface area contributed by atoms with Crippen molar-refractivity contribution in [1.29, 1.82) is 0 Å². The Kier molecular flexibility index (Phi) is 4.52. The highest BCUT2D eigenvalue weighted by molar-refractivity contribution is 9.10. The summed E-state index contributed by atoms with van der Waals surface area (Å²) >= 11 is 5.20. The SMILES string of the molecule is CC1CCCC(C(O)c2sccc2Br)(N(C)C)C1. The van der Waals surface area contributed by atoms with Crippen LogP contribution < -0.4 is 0 Å². The first kappa shape index (κ1) is 14.5. The molecule has 1 aromatic heterocycles. The van der Waals surface area contributed by atoms with Crippen LogP contribution in [0, 0.1) is 5.92 Å². The lowest BCUT2D eigenvalue weighted by atomic mass is 9.72. The van der Waals surface area contributed by atoms with Crippen LogP contribution >= 0.6 is 27.3 Å². The molecule has 3 atom stereocenters. The molecule has 0 saturated heterocycles. The lowest BCUT2D eigenvalue weighted by molar-refractivity contribution is -0.0436. The van der Waals surface area contributed by atoms with Gasteiger partial charge < -0.3 is 10.0 Å². The Morgan fingerprint density at radius 1 is 1.56 bits per heavy atom. The van der Waals surface area contributed by atoms with Gasteiger partial charge in [-0.1, -0.05) is 19.8 Å². The molecule has 0 amide bonds. The maximum Gasteiger partial charge on any atom is 0.108 e. The maximum absolute atomic E-state index is 10.9. The van der Waals surface area contributed by atoms with Crippen LogP contribution in [0.4, 0.5) is 0 Å². The first-order valence-electron chi connectivity index (χ1n) is 6.56. The molecule has 1 aliphatic rings. The molecule has 0 radical (unpaired) electrons. The normalized spacial score (nSPS) is 30.7. The van der Waals surface area contributed by atoms with Crippen LogP contribution in [0.1, 0.15) is 43.6 Å². The zero-order valence-electron chi connectivity index (χ0n) is 11.3. The van der Waals surface area contributed by atoms with Crippen LogP contribution in [0.5, 0.6) is 0 Å². The number of hydrogen-bond donors (Lipinski definition) is 1. The molecule has 102 valence electrons. The molecule has 1 N–H and O–H groups in total. The van der Waals surface area contributed by atoms with E-state index in [1.807, 2.05) is 11.4 Å². The van der Waals surface area contributed by atoms with E-state index in [-0.39, 0.29) is 5.54 Å². The van der Waals surface area contributed by atoms with Gasteiger partial charge in [-0.3, -0.25) is 0 Å². The summed E-state index contributed by atoms with van der Waals surface area (Å²) in [5.74, 6) is 0.689. The number of likely N-dealkylation sites (N-methyl/N-ethyl adjacent to an activating group) is 1. The summed E-state index contributed by atoms with van der Waals surface area (Å²) in [4.78, 5) is 3.30. The number of nitrogens with zero attached hydrogens (tertiary/aromatic N) is 1. The van der Waals surface area contributed by atoms with Crippen molar-refractivity contribution >= 4 is 27.3 Å². The van der Waals surface area contributed by atoms with Crippen molar-refractivity contribution in [2.75, 3.05) is 14.1 Å². The van der Waals surface area contributed by atoms with Crippen LogP contribution in [0.3, 0.4) is 0 Å². The van der Waals surface area contributed by atoms with Gasteiger partial charge in [0.1, 0.15) is 6.10 Å². The molecule has 1 saturated carbocycles. The highest BCUT2D eigenvalue weighted by Crippen LogP contribution is 2.46. The minimum absolute atomic E-state index is 0.106. The predicted molar refractivity (Wildman–Crippen MR) is 81.0 cm³/mol. The van der Waals surface area contributed by atoms with Crippen LogP contribution in [0.25, 0.3) is 0 Å². The Hall–Kier alpha value is 0.1000. The van der Waals surface area contributed by atoms with Crippen molar-refractivity contribution in [2.45, 2.75) is 44.2 Å². The van der Waals surface area contributed by atoms with Crippen LogP contribution in [-0.4, -0.2) is 29.6 Å². The molecule has 0 spiro atoms. The molecule has 18 heavy (non-hydrogen) atoms. The van der Waals surface area contributed by atoms with Gasteiger partial charge in [0.05, 0.1) is 5.54 Å². The largest absolute Gasteiger partial charge is 0.386 e. The van der Waals surface area contributed by atoms with Gasteiger partial charge in [0.2, 0.25) is 0 Å². The monoisotopic (exact) mass is 331 g/mol. The van der Waals surface area contributed by atoms with E-state index in [1.165, 1.54) is 12.8 Å².